The molecular formula is C21H31N2+. The lowest BCUT2D eigenvalue weighted by molar-refractivity contribution is 0.287. The maximum Gasteiger partial charge on any atom is 0.244 e. The van der Waals surface area contributed by atoms with Crippen LogP contribution in [0.4, 0.5) is 0 Å². The third kappa shape index (κ3) is 5.85. The van der Waals surface area contributed by atoms with Gasteiger partial charge < -0.3 is 0 Å². The number of benzene rings is 1. The predicted octanol–water partition coefficient (Wildman–Crippen LogP) is 5.88. The van der Waals surface area contributed by atoms with Gasteiger partial charge >= 0.3 is 0 Å². The lowest BCUT2D eigenvalue weighted by atomic mass is 9.79. The second-order valence-corrected chi connectivity index (χ2v) is 6.61. The van der Waals surface area contributed by atoms with Crippen LogP contribution in [0.3, 0.4) is 0 Å². The molecule has 2 atom stereocenters. The quantitative estimate of drug-likeness (QED) is 0.360. The summed E-state index contributed by atoms with van der Waals surface area (Å²) >= 11 is 0. The highest BCUT2D eigenvalue weighted by Gasteiger charge is 2.35. The molecule has 0 saturated heterocycles. The van der Waals surface area contributed by atoms with Crippen molar-refractivity contribution in [2.75, 3.05) is 0 Å². The van der Waals surface area contributed by atoms with Crippen molar-refractivity contribution in [2.45, 2.75) is 65.2 Å². The molecule has 2 unspecified atom stereocenters. The first-order chi connectivity index (χ1) is 11.3. The normalized spacial score (nSPS) is 16.0. The molecule has 1 aliphatic heterocycles. The van der Waals surface area contributed by atoms with Gasteiger partial charge in [-0.05, 0) is 30.7 Å². The summed E-state index contributed by atoms with van der Waals surface area (Å²) in [6.07, 6.45) is 14.8. The van der Waals surface area contributed by atoms with Gasteiger partial charge in [-0.2, -0.15) is 0 Å². The van der Waals surface area contributed by atoms with E-state index in [1.165, 1.54) is 50.5 Å². The standard InChI is InChI=1S/C21H31N2/c1-3-5-8-14-20(21-22-15-16-23-21)19(13-6-4-2)17-18-11-9-7-10-12-18/h7,9-12,15-16,19-20H,3-6,8,13-14,17H2,1-2H3/q+1. The average molecular weight is 311 g/mol. The van der Waals surface area contributed by atoms with E-state index in [1.54, 1.807) is 0 Å². The highest BCUT2D eigenvalue weighted by atomic mass is 15.0. The van der Waals surface area contributed by atoms with Gasteiger partial charge in [-0.15, -0.1) is 0 Å². The van der Waals surface area contributed by atoms with Gasteiger partial charge in [-0.25, -0.2) is 0 Å². The highest BCUT2D eigenvalue weighted by molar-refractivity contribution is 6.18. The van der Waals surface area contributed by atoms with Gasteiger partial charge in [0, 0.05) is 0 Å². The fourth-order valence-corrected chi connectivity index (χ4v) is 3.46. The molecule has 0 fully saturated rings. The van der Waals surface area contributed by atoms with E-state index in [2.05, 4.69) is 54.2 Å². The summed E-state index contributed by atoms with van der Waals surface area (Å²) in [6, 6.07) is 10.9. The van der Waals surface area contributed by atoms with Crippen molar-refractivity contribution in [3.05, 3.63) is 42.1 Å². The summed E-state index contributed by atoms with van der Waals surface area (Å²) in [5.74, 6) is 1.15. The molecular weight excluding hydrogens is 280 g/mol. The Balaban J connectivity index is 2.09. The van der Waals surface area contributed by atoms with E-state index in [4.69, 9.17) is 0 Å². The molecule has 0 spiro atoms. The van der Waals surface area contributed by atoms with Crippen LogP contribution >= 0.6 is 0 Å². The molecule has 0 N–H and O–H groups in total. The van der Waals surface area contributed by atoms with Crippen molar-refractivity contribution in [1.29, 1.82) is 0 Å². The molecule has 0 bridgehead atoms. The average Bonchev–Trinajstić information content (AvgIpc) is 3.11. The van der Waals surface area contributed by atoms with Gasteiger partial charge in [0.25, 0.3) is 0 Å². The Morgan fingerprint density at radius 1 is 0.870 bits per heavy atom. The van der Waals surface area contributed by atoms with Crippen LogP contribution in [-0.4, -0.2) is 12.4 Å². The van der Waals surface area contributed by atoms with Gasteiger partial charge in [0.05, 0.1) is 5.92 Å². The number of nitrogens with zero attached hydrogens (tertiary/aromatic N) is 2. The summed E-state index contributed by atoms with van der Waals surface area (Å²) in [5, 5.41) is 0. The van der Waals surface area contributed by atoms with Gasteiger partial charge in [-0.1, -0.05) is 86.3 Å². The van der Waals surface area contributed by atoms with E-state index in [9.17, 15) is 0 Å². The second-order valence-electron chi connectivity index (χ2n) is 6.61. The Morgan fingerprint density at radius 3 is 2.22 bits per heavy atom. The maximum atomic E-state index is 4.55. The summed E-state index contributed by atoms with van der Waals surface area (Å²) in [6.45, 7) is 4.55. The van der Waals surface area contributed by atoms with Crippen molar-refractivity contribution in [2.24, 2.45) is 21.8 Å². The van der Waals surface area contributed by atoms with E-state index in [1.807, 2.05) is 12.4 Å². The van der Waals surface area contributed by atoms with E-state index >= 15 is 0 Å². The fraction of sp³-hybridized carbons (Fsp3) is 0.571. The minimum absolute atomic E-state index is 0.503. The molecule has 124 valence electrons. The van der Waals surface area contributed by atoms with Crippen molar-refractivity contribution in [3.63, 3.8) is 0 Å². The molecule has 1 aromatic carbocycles. The Bertz CT molecular complexity index is 466. The molecule has 1 aliphatic rings. The Kier molecular flexibility index (Phi) is 7.92. The van der Waals surface area contributed by atoms with Crippen molar-refractivity contribution in [3.8, 4) is 0 Å². The number of aliphatic imine (C=N–C) groups is 2. The lowest BCUT2D eigenvalue weighted by Crippen LogP contribution is -2.22. The predicted molar refractivity (Wildman–Crippen MR) is 101 cm³/mol. The number of rotatable bonds is 11. The lowest BCUT2D eigenvalue weighted by Gasteiger charge is -2.25. The number of hydrogen-bond donors (Lipinski definition) is 0. The monoisotopic (exact) mass is 311 g/mol. The van der Waals surface area contributed by atoms with Crippen LogP contribution in [0.1, 0.15) is 64.4 Å². The Morgan fingerprint density at radius 2 is 1.57 bits per heavy atom. The fourth-order valence-electron chi connectivity index (χ4n) is 3.46. The zero-order chi connectivity index (χ0) is 16.3. The zero-order valence-corrected chi connectivity index (χ0v) is 14.7. The smallest absolute Gasteiger partial charge is 0.0965 e. The minimum atomic E-state index is 0.503. The maximum absolute atomic E-state index is 4.55. The molecule has 1 heterocycles. The highest BCUT2D eigenvalue weighted by Crippen LogP contribution is 2.36. The molecule has 0 aliphatic carbocycles. The van der Waals surface area contributed by atoms with Gasteiger partial charge in [-0.3, -0.25) is 0 Å². The van der Waals surface area contributed by atoms with Gasteiger partial charge in [0.1, 0.15) is 0 Å². The molecule has 0 saturated carbocycles. The molecule has 2 rings (SSSR count). The van der Waals surface area contributed by atoms with Gasteiger partial charge in [0.15, 0.2) is 12.4 Å². The SMILES string of the molecule is CCCCCC([C+]1N=CC=N1)C(CCCC)Cc1ccccc1. The molecule has 23 heavy (non-hydrogen) atoms. The van der Waals surface area contributed by atoms with Gasteiger partial charge in [0.2, 0.25) is 6.17 Å². The van der Waals surface area contributed by atoms with Crippen LogP contribution in [-0.2, 0) is 6.42 Å². The molecule has 0 amide bonds. The molecule has 0 aromatic heterocycles. The largest absolute Gasteiger partial charge is 0.244 e. The van der Waals surface area contributed by atoms with Crippen LogP contribution in [0, 0.1) is 18.0 Å². The number of hydrogen-bond acceptors (Lipinski definition) is 2. The summed E-state index contributed by atoms with van der Waals surface area (Å²) in [4.78, 5) is 9.11. The van der Waals surface area contributed by atoms with E-state index in [0.717, 1.165) is 12.6 Å². The third-order valence-corrected chi connectivity index (χ3v) is 4.77. The van der Waals surface area contributed by atoms with E-state index < -0.39 is 0 Å². The van der Waals surface area contributed by atoms with Crippen LogP contribution in [0.5, 0.6) is 0 Å². The molecule has 2 nitrogen and oxygen atoms in total. The van der Waals surface area contributed by atoms with Crippen LogP contribution in [0.2, 0.25) is 0 Å². The Labute approximate surface area is 142 Å². The number of unbranched alkanes of at least 4 members (excludes halogenated alkanes) is 3. The second kappa shape index (κ2) is 10.3. The van der Waals surface area contributed by atoms with Crippen molar-refractivity contribution >= 4 is 12.4 Å². The molecule has 0 radical (unpaired) electrons. The first kappa shape index (κ1) is 17.8. The summed E-state index contributed by atoms with van der Waals surface area (Å²) in [7, 11) is 0. The first-order valence-corrected chi connectivity index (χ1v) is 9.32. The van der Waals surface area contributed by atoms with Crippen LogP contribution in [0.15, 0.2) is 40.3 Å². The third-order valence-electron chi connectivity index (χ3n) is 4.77. The summed E-state index contributed by atoms with van der Waals surface area (Å²) in [5.41, 5.74) is 1.45. The topological polar surface area (TPSA) is 24.7 Å². The minimum Gasteiger partial charge on any atom is -0.0965 e. The van der Waals surface area contributed by atoms with Crippen LogP contribution < -0.4 is 0 Å². The van der Waals surface area contributed by atoms with E-state index in [-0.39, 0.29) is 0 Å². The van der Waals surface area contributed by atoms with Crippen molar-refractivity contribution < 1.29 is 0 Å². The van der Waals surface area contributed by atoms with Crippen LogP contribution in [0.25, 0.3) is 0 Å². The summed E-state index contributed by atoms with van der Waals surface area (Å²) < 4.78 is 0. The molecule has 1 aromatic rings. The zero-order valence-electron chi connectivity index (χ0n) is 14.7. The Hall–Kier alpha value is -1.57. The molecule has 2 heteroatoms. The van der Waals surface area contributed by atoms with E-state index in [0.29, 0.717) is 11.8 Å². The van der Waals surface area contributed by atoms with Crippen molar-refractivity contribution in [1.82, 2.24) is 0 Å². The first-order valence-electron chi connectivity index (χ1n) is 9.32.